The first-order chi connectivity index (χ1) is 11.7. The van der Waals surface area contributed by atoms with Crippen molar-refractivity contribution < 1.29 is 13.9 Å². The first-order valence-electron chi connectivity index (χ1n) is 7.88. The van der Waals surface area contributed by atoms with Gasteiger partial charge in [-0.3, -0.25) is 4.79 Å². The second kappa shape index (κ2) is 6.34. The molecule has 1 aliphatic rings. The van der Waals surface area contributed by atoms with E-state index in [-0.39, 0.29) is 11.7 Å². The van der Waals surface area contributed by atoms with Crippen LogP contribution in [-0.4, -0.2) is 37.1 Å². The average Bonchev–Trinajstić information content (AvgIpc) is 3.07. The quantitative estimate of drug-likeness (QED) is 0.700. The van der Waals surface area contributed by atoms with E-state index in [1.807, 2.05) is 29.2 Å². The number of amides is 1. The number of hydrogen-bond donors (Lipinski definition) is 0. The van der Waals surface area contributed by atoms with Gasteiger partial charge in [0.25, 0.3) is 5.91 Å². The summed E-state index contributed by atoms with van der Waals surface area (Å²) in [6.07, 6.45) is 0. The first-order valence-corrected chi connectivity index (χ1v) is 8.69. The molecule has 2 aromatic carbocycles. The summed E-state index contributed by atoms with van der Waals surface area (Å²) in [6, 6.07) is 14.4. The van der Waals surface area contributed by atoms with Gasteiger partial charge in [0, 0.05) is 17.8 Å². The predicted octanol–water partition coefficient (Wildman–Crippen LogP) is 4.18. The first kappa shape index (κ1) is 15.3. The van der Waals surface area contributed by atoms with Crippen molar-refractivity contribution >= 4 is 27.3 Å². The van der Waals surface area contributed by atoms with E-state index in [0.29, 0.717) is 26.3 Å². The molecule has 0 radical (unpaired) electrons. The van der Waals surface area contributed by atoms with Crippen LogP contribution in [-0.2, 0) is 4.74 Å². The molecule has 1 amide bonds. The highest BCUT2D eigenvalue weighted by atomic mass is 32.1. The smallest absolute Gasteiger partial charge is 0.264 e. The van der Waals surface area contributed by atoms with Crippen LogP contribution in [0.4, 0.5) is 4.39 Å². The van der Waals surface area contributed by atoms with Gasteiger partial charge in [0.15, 0.2) is 0 Å². The Morgan fingerprint density at radius 1 is 1.08 bits per heavy atom. The summed E-state index contributed by atoms with van der Waals surface area (Å²) in [4.78, 5) is 15.3. The topological polar surface area (TPSA) is 29.5 Å². The van der Waals surface area contributed by atoms with E-state index < -0.39 is 0 Å². The highest BCUT2D eigenvalue weighted by Crippen LogP contribution is 2.35. The molecule has 0 atom stereocenters. The molecule has 0 unspecified atom stereocenters. The Bertz CT molecular complexity index is 882. The van der Waals surface area contributed by atoms with Gasteiger partial charge in [-0.15, -0.1) is 11.3 Å². The van der Waals surface area contributed by atoms with Crippen LogP contribution < -0.4 is 0 Å². The largest absolute Gasteiger partial charge is 0.378 e. The normalized spacial score (nSPS) is 15.0. The summed E-state index contributed by atoms with van der Waals surface area (Å²) in [7, 11) is 0. The van der Waals surface area contributed by atoms with Crippen LogP contribution in [0.2, 0.25) is 0 Å². The van der Waals surface area contributed by atoms with Gasteiger partial charge in [-0.05, 0) is 34.7 Å². The number of carbonyl (C=O) groups is 1. The SMILES string of the molecule is O=C(c1cc2cccc(-c3ccc(F)cc3)c2s1)N1CCOCC1. The summed E-state index contributed by atoms with van der Waals surface area (Å²) in [5, 5.41) is 1.04. The molecule has 0 aliphatic carbocycles. The Kier molecular flexibility index (Phi) is 4.04. The van der Waals surface area contributed by atoms with Crippen LogP contribution in [0.25, 0.3) is 21.2 Å². The number of ether oxygens (including phenoxy) is 1. The lowest BCUT2D eigenvalue weighted by Gasteiger charge is -2.26. The molecular formula is C19H16FNO2S. The molecule has 122 valence electrons. The van der Waals surface area contributed by atoms with Gasteiger partial charge < -0.3 is 9.64 Å². The van der Waals surface area contributed by atoms with Crippen molar-refractivity contribution in [2.45, 2.75) is 0 Å². The number of thiophene rings is 1. The van der Waals surface area contributed by atoms with E-state index in [2.05, 4.69) is 0 Å². The second-order valence-electron chi connectivity index (χ2n) is 5.75. The molecule has 1 fully saturated rings. The third-order valence-electron chi connectivity index (χ3n) is 4.21. The summed E-state index contributed by atoms with van der Waals surface area (Å²) < 4.78 is 19.5. The number of nitrogens with zero attached hydrogens (tertiary/aromatic N) is 1. The zero-order valence-electron chi connectivity index (χ0n) is 13.0. The molecule has 3 aromatic rings. The Morgan fingerprint density at radius 3 is 2.58 bits per heavy atom. The van der Waals surface area contributed by atoms with Crippen LogP contribution in [0.5, 0.6) is 0 Å². The molecule has 0 bridgehead atoms. The lowest BCUT2D eigenvalue weighted by Crippen LogP contribution is -2.40. The maximum Gasteiger partial charge on any atom is 0.264 e. The van der Waals surface area contributed by atoms with Crippen molar-refractivity contribution in [2.24, 2.45) is 0 Å². The fourth-order valence-electron chi connectivity index (χ4n) is 2.95. The summed E-state index contributed by atoms with van der Waals surface area (Å²) in [5.41, 5.74) is 1.98. The molecule has 4 rings (SSSR count). The van der Waals surface area contributed by atoms with Crippen LogP contribution in [0.3, 0.4) is 0 Å². The predicted molar refractivity (Wildman–Crippen MR) is 93.9 cm³/mol. The summed E-state index contributed by atoms with van der Waals surface area (Å²) in [5.74, 6) is -0.190. The minimum absolute atomic E-state index is 0.0598. The third-order valence-corrected chi connectivity index (χ3v) is 5.38. The van der Waals surface area contributed by atoms with Crippen LogP contribution in [0.15, 0.2) is 48.5 Å². The molecule has 0 N–H and O–H groups in total. The summed E-state index contributed by atoms with van der Waals surface area (Å²) >= 11 is 1.50. The summed E-state index contributed by atoms with van der Waals surface area (Å²) in [6.45, 7) is 2.46. The Balaban J connectivity index is 1.74. The molecular weight excluding hydrogens is 325 g/mol. The number of hydrogen-bond acceptors (Lipinski definition) is 3. The zero-order valence-corrected chi connectivity index (χ0v) is 13.8. The molecule has 1 aliphatic heterocycles. The molecule has 1 aromatic heterocycles. The van der Waals surface area contributed by atoms with Gasteiger partial charge in [-0.25, -0.2) is 4.39 Å². The van der Waals surface area contributed by atoms with E-state index in [9.17, 15) is 9.18 Å². The van der Waals surface area contributed by atoms with E-state index in [4.69, 9.17) is 4.74 Å². The molecule has 5 heteroatoms. The number of rotatable bonds is 2. The average molecular weight is 341 g/mol. The highest BCUT2D eigenvalue weighted by molar-refractivity contribution is 7.21. The number of fused-ring (bicyclic) bond motifs is 1. The minimum atomic E-state index is -0.250. The maximum absolute atomic E-state index is 13.2. The van der Waals surface area contributed by atoms with E-state index in [0.717, 1.165) is 26.1 Å². The molecule has 0 spiro atoms. The van der Waals surface area contributed by atoms with Crippen molar-refractivity contribution in [3.8, 4) is 11.1 Å². The van der Waals surface area contributed by atoms with Crippen LogP contribution in [0.1, 0.15) is 9.67 Å². The van der Waals surface area contributed by atoms with E-state index in [1.54, 1.807) is 12.1 Å². The van der Waals surface area contributed by atoms with Crippen LogP contribution >= 0.6 is 11.3 Å². The van der Waals surface area contributed by atoms with Crippen molar-refractivity contribution in [1.29, 1.82) is 0 Å². The van der Waals surface area contributed by atoms with Gasteiger partial charge >= 0.3 is 0 Å². The number of benzene rings is 2. The number of carbonyl (C=O) groups excluding carboxylic acids is 1. The maximum atomic E-state index is 13.2. The van der Waals surface area contributed by atoms with Gasteiger partial charge in [0.2, 0.25) is 0 Å². The standard InChI is InChI=1S/C19H16FNO2S/c20-15-6-4-13(5-7-15)16-3-1-2-14-12-17(24-18(14)16)19(22)21-8-10-23-11-9-21/h1-7,12H,8-11H2. The van der Waals surface area contributed by atoms with Crippen LogP contribution in [0, 0.1) is 5.82 Å². The van der Waals surface area contributed by atoms with Crippen molar-refractivity contribution in [3.05, 3.63) is 59.2 Å². The monoisotopic (exact) mass is 341 g/mol. The van der Waals surface area contributed by atoms with Gasteiger partial charge in [-0.1, -0.05) is 30.3 Å². The highest BCUT2D eigenvalue weighted by Gasteiger charge is 2.21. The lowest BCUT2D eigenvalue weighted by molar-refractivity contribution is 0.0306. The zero-order chi connectivity index (χ0) is 16.5. The van der Waals surface area contributed by atoms with Crippen molar-refractivity contribution in [2.75, 3.05) is 26.3 Å². The Hall–Kier alpha value is -2.24. The van der Waals surface area contributed by atoms with Crippen molar-refractivity contribution in [1.82, 2.24) is 4.90 Å². The van der Waals surface area contributed by atoms with Crippen molar-refractivity contribution in [3.63, 3.8) is 0 Å². The van der Waals surface area contributed by atoms with Gasteiger partial charge in [-0.2, -0.15) is 0 Å². The Morgan fingerprint density at radius 2 is 1.83 bits per heavy atom. The molecule has 1 saturated heterocycles. The third kappa shape index (κ3) is 2.81. The number of morpholine rings is 1. The molecule has 3 nitrogen and oxygen atoms in total. The minimum Gasteiger partial charge on any atom is -0.378 e. The van der Waals surface area contributed by atoms with Gasteiger partial charge in [0.1, 0.15) is 5.82 Å². The lowest BCUT2D eigenvalue weighted by atomic mass is 10.0. The Labute approximate surface area is 143 Å². The fraction of sp³-hybridized carbons (Fsp3) is 0.211. The number of halogens is 1. The fourth-order valence-corrected chi connectivity index (χ4v) is 4.11. The molecule has 2 heterocycles. The second-order valence-corrected chi connectivity index (χ2v) is 6.80. The molecule has 0 saturated carbocycles. The van der Waals surface area contributed by atoms with E-state index in [1.165, 1.54) is 23.5 Å². The van der Waals surface area contributed by atoms with Gasteiger partial charge in [0.05, 0.1) is 18.1 Å². The van der Waals surface area contributed by atoms with E-state index >= 15 is 0 Å². The molecule has 24 heavy (non-hydrogen) atoms.